The number of methoxy groups -OCH3 is 1. The Balaban J connectivity index is 1.82. The molecule has 10 heteroatoms. The van der Waals surface area contributed by atoms with E-state index in [2.05, 4.69) is 37.3 Å². The Labute approximate surface area is 160 Å². The molecular weight excluding hydrogens is 362 g/mol. The molecule has 4 rings (SSSR count). The highest BCUT2D eigenvalue weighted by molar-refractivity contribution is 5.61. The average Bonchev–Trinajstić information content (AvgIpc) is 3.37. The molecule has 28 heavy (non-hydrogen) atoms. The lowest BCUT2D eigenvalue weighted by atomic mass is 10.2. The summed E-state index contributed by atoms with van der Waals surface area (Å²) in [6.07, 6.45) is 5.73. The van der Waals surface area contributed by atoms with E-state index in [0.29, 0.717) is 47.1 Å². The Morgan fingerprint density at radius 1 is 1.43 bits per heavy atom. The largest absolute Gasteiger partial charge is 0.494 e. The lowest BCUT2D eigenvalue weighted by molar-refractivity contribution is 0.207. The third-order valence-corrected chi connectivity index (χ3v) is 4.74. The number of anilines is 1. The molecule has 0 saturated heterocycles. The number of hydrogen-bond acceptors (Lipinski definition) is 8. The summed E-state index contributed by atoms with van der Waals surface area (Å²) in [6.45, 7) is 3.05. The maximum Gasteiger partial charge on any atom is 0.251 e. The van der Waals surface area contributed by atoms with Crippen LogP contribution in [-0.2, 0) is 4.74 Å². The normalized spacial score (nSPS) is 16.8. The maximum absolute atomic E-state index is 9.89. The van der Waals surface area contributed by atoms with Gasteiger partial charge in [-0.15, -0.1) is 0 Å². The predicted molar refractivity (Wildman–Crippen MR) is 102 cm³/mol. The number of hydrogen-bond donors (Lipinski definition) is 4. The van der Waals surface area contributed by atoms with Gasteiger partial charge in [0.1, 0.15) is 0 Å². The molecule has 3 aromatic rings. The molecule has 1 saturated carbocycles. The van der Waals surface area contributed by atoms with E-state index >= 15 is 0 Å². The molecule has 148 valence electrons. The Morgan fingerprint density at radius 3 is 2.93 bits per heavy atom. The van der Waals surface area contributed by atoms with Crippen LogP contribution >= 0.6 is 0 Å². The lowest BCUT2D eigenvalue weighted by Gasteiger charge is -2.12. The van der Waals surface area contributed by atoms with Gasteiger partial charge in [-0.1, -0.05) is 0 Å². The summed E-state index contributed by atoms with van der Waals surface area (Å²) in [4.78, 5) is 16.0. The van der Waals surface area contributed by atoms with Gasteiger partial charge in [-0.3, -0.25) is 4.98 Å². The molecule has 10 nitrogen and oxygen atoms in total. The summed E-state index contributed by atoms with van der Waals surface area (Å²) < 4.78 is 6.62. The van der Waals surface area contributed by atoms with Crippen LogP contribution in [-0.4, -0.2) is 61.1 Å². The average molecular weight is 385 g/mol. The van der Waals surface area contributed by atoms with Crippen molar-refractivity contribution in [3.63, 3.8) is 0 Å². The quantitative estimate of drug-likeness (QED) is 0.426. The first kappa shape index (κ1) is 18.2. The lowest BCUT2D eigenvalue weighted by Crippen LogP contribution is -2.27. The summed E-state index contributed by atoms with van der Waals surface area (Å²) in [5.74, 6) is 0.881. The van der Waals surface area contributed by atoms with E-state index in [9.17, 15) is 10.2 Å². The van der Waals surface area contributed by atoms with Gasteiger partial charge in [0.15, 0.2) is 17.4 Å². The van der Waals surface area contributed by atoms with Gasteiger partial charge in [-0.05, 0) is 31.8 Å². The zero-order chi connectivity index (χ0) is 19.7. The number of aromatic nitrogens is 5. The highest BCUT2D eigenvalue weighted by Gasteiger charge is 2.28. The molecule has 0 spiro atoms. The molecule has 3 aromatic heterocycles. The zero-order valence-electron chi connectivity index (χ0n) is 15.8. The van der Waals surface area contributed by atoms with E-state index < -0.39 is 0 Å². The van der Waals surface area contributed by atoms with Crippen molar-refractivity contribution in [3.8, 4) is 11.8 Å². The smallest absolute Gasteiger partial charge is 0.251 e. The van der Waals surface area contributed by atoms with Gasteiger partial charge in [0.25, 0.3) is 5.62 Å². The van der Waals surface area contributed by atoms with Crippen LogP contribution < -0.4 is 16.2 Å². The highest BCUT2D eigenvalue weighted by atomic mass is 16.5. The molecule has 0 amide bonds. The molecule has 3 heterocycles. The van der Waals surface area contributed by atoms with Crippen molar-refractivity contribution in [1.29, 1.82) is 0 Å². The van der Waals surface area contributed by atoms with Crippen molar-refractivity contribution in [1.82, 2.24) is 24.6 Å². The van der Waals surface area contributed by atoms with E-state index in [4.69, 9.17) is 4.74 Å². The second-order valence-corrected chi connectivity index (χ2v) is 6.93. The first-order valence-corrected chi connectivity index (χ1v) is 9.19. The van der Waals surface area contributed by atoms with Gasteiger partial charge in [0.2, 0.25) is 5.95 Å². The van der Waals surface area contributed by atoms with Crippen molar-refractivity contribution in [3.05, 3.63) is 28.7 Å². The van der Waals surface area contributed by atoms with Crippen molar-refractivity contribution < 1.29 is 14.9 Å². The molecule has 1 aliphatic carbocycles. The maximum atomic E-state index is 9.89. The van der Waals surface area contributed by atoms with Gasteiger partial charge < -0.3 is 20.3 Å². The standard InChI is InChI=1S/C18H23N7O3/c1-10(11-3-4-11)21-17-23-15-13(7-12-8-14(26)22-16(12)27)9-20-25(15)18(24-17)19-5-6-28-2/h7-11,22,26-27H,3-6H2,1-2H3,(H,19,21,24)/t10-/m0/s1. The first-order chi connectivity index (χ1) is 13.5. The molecule has 1 aliphatic rings. The molecule has 0 aliphatic heterocycles. The number of fused-ring (bicyclic) bond motifs is 1. The van der Waals surface area contributed by atoms with Gasteiger partial charge >= 0.3 is 0 Å². The summed E-state index contributed by atoms with van der Waals surface area (Å²) in [6, 6.07) is 1.70. The second-order valence-electron chi connectivity index (χ2n) is 6.93. The Morgan fingerprint density at radius 2 is 2.25 bits per heavy atom. The summed E-state index contributed by atoms with van der Waals surface area (Å²) >= 11 is 0. The number of H-pyrrole nitrogens is 1. The van der Waals surface area contributed by atoms with Gasteiger partial charge in [0, 0.05) is 30.0 Å². The van der Waals surface area contributed by atoms with Crippen LogP contribution in [0.1, 0.15) is 25.3 Å². The molecule has 0 radical (unpaired) electrons. The Kier molecular flexibility index (Phi) is 4.86. The summed E-state index contributed by atoms with van der Waals surface area (Å²) in [5.41, 5.74) is 1.41. The fourth-order valence-corrected chi connectivity index (χ4v) is 3.03. The molecular formula is C18H23N7O3. The number of nitrogens with one attached hydrogen (secondary N) is 2. The van der Waals surface area contributed by atoms with Crippen molar-refractivity contribution in [2.24, 2.45) is 10.9 Å². The number of aromatic hydroxyl groups is 2. The third-order valence-electron chi connectivity index (χ3n) is 4.74. The molecule has 1 atom stereocenters. The Bertz CT molecular complexity index is 1100. The van der Waals surface area contributed by atoms with Crippen LogP contribution in [0.4, 0.5) is 5.95 Å². The monoisotopic (exact) mass is 385 g/mol. The second kappa shape index (κ2) is 7.47. The Hall–Kier alpha value is -3.14. The zero-order valence-corrected chi connectivity index (χ0v) is 15.8. The van der Waals surface area contributed by atoms with E-state index in [-0.39, 0.29) is 17.8 Å². The van der Waals surface area contributed by atoms with Crippen molar-refractivity contribution >= 4 is 17.7 Å². The van der Waals surface area contributed by atoms with Gasteiger partial charge in [-0.25, -0.2) is 4.99 Å². The van der Waals surface area contributed by atoms with Crippen LogP contribution in [0.25, 0.3) is 11.7 Å². The van der Waals surface area contributed by atoms with Crippen LogP contribution in [0.3, 0.4) is 0 Å². The van der Waals surface area contributed by atoms with Crippen molar-refractivity contribution in [2.75, 3.05) is 25.6 Å². The minimum Gasteiger partial charge on any atom is -0.494 e. The predicted octanol–water partition coefficient (Wildman–Crippen LogP) is 0.169. The molecule has 4 N–H and O–H groups in total. The molecule has 0 unspecified atom stereocenters. The van der Waals surface area contributed by atoms with E-state index in [0.717, 1.165) is 0 Å². The number of aromatic amines is 1. The summed E-state index contributed by atoms with van der Waals surface area (Å²) in [5, 5.41) is 27.8. The first-order valence-electron chi connectivity index (χ1n) is 9.19. The topological polar surface area (TPSA) is 133 Å². The van der Waals surface area contributed by atoms with Gasteiger partial charge in [0.05, 0.1) is 19.3 Å². The minimum atomic E-state index is -0.128. The molecule has 0 aromatic carbocycles. The third kappa shape index (κ3) is 3.77. The van der Waals surface area contributed by atoms with E-state index in [1.54, 1.807) is 23.9 Å². The van der Waals surface area contributed by atoms with Gasteiger partial charge in [-0.2, -0.15) is 19.6 Å². The number of rotatable bonds is 7. The summed E-state index contributed by atoms with van der Waals surface area (Å²) in [7, 11) is 1.62. The van der Waals surface area contributed by atoms with Crippen LogP contribution in [0.5, 0.6) is 11.8 Å². The fraction of sp³-hybridized carbons (Fsp3) is 0.444. The van der Waals surface area contributed by atoms with E-state index in [1.807, 2.05) is 0 Å². The highest BCUT2D eigenvalue weighted by Crippen LogP contribution is 2.33. The number of ether oxygens (including phenoxy) is 1. The van der Waals surface area contributed by atoms with E-state index in [1.165, 1.54) is 18.9 Å². The number of nitrogens with zero attached hydrogens (tertiary/aromatic N) is 5. The minimum absolute atomic E-state index is 0.120. The molecule has 1 fully saturated rings. The molecule has 0 bridgehead atoms. The van der Waals surface area contributed by atoms with Crippen LogP contribution in [0.2, 0.25) is 0 Å². The SMILES string of the molecule is COCCN=c1nc(N[C@@H](C)C2CC2)nc2c(=Cc3cc(O)[nH]c3O)cnn12. The fourth-order valence-electron chi connectivity index (χ4n) is 3.03. The van der Waals surface area contributed by atoms with Crippen molar-refractivity contribution in [2.45, 2.75) is 25.8 Å². The van der Waals surface area contributed by atoms with Crippen LogP contribution in [0.15, 0.2) is 17.3 Å². The van der Waals surface area contributed by atoms with Crippen LogP contribution in [0, 0.1) is 5.92 Å².